The Hall–Kier alpha value is -0.420. The number of hydrogen-bond acceptors (Lipinski definition) is 4. The lowest BCUT2D eigenvalue weighted by atomic mass is 9.99. The molecule has 0 saturated carbocycles. The number of rotatable bonds is 5. The lowest BCUT2D eigenvalue weighted by Crippen LogP contribution is -2.43. The summed E-state index contributed by atoms with van der Waals surface area (Å²) in [6, 6.07) is 2.86. The van der Waals surface area contributed by atoms with Crippen molar-refractivity contribution in [3.05, 3.63) is 22.4 Å². The van der Waals surface area contributed by atoms with Gasteiger partial charge in [0.05, 0.1) is 18.8 Å². The molecule has 0 spiro atoms. The summed E-state index contributed by atoms with van der Waals surface area (Å²) < 4.78 is 11.7. The summed E-state index contributed by atoms with van der Waals surface area (Å²) in [5.41, 5.74) is 1.45. The molecular formula is C15H23NO2S. The molecule has 3 nitrogen and oxygen atoms in total. The van der Waals surface area contributed by atoms with E-state index in [4.69, 9.17) is 9.47 Å². The van der Waals surface area contributed by atoms with Crippen molar-refractivity contribution in [1.82, 2.24) is 4.90 Å². The van der Waals surface area contributed by atoms with E-state index in [0.29, 0.717) is 18.2 Å². The minimum Gasteiger partial charge on any atom is -0.379 e. The molecule has 19 heavy (non-hydrogen) atoms. The first-order valence-electron chi connectivity index (χ1n) is 7.35. The third kappa shape index (κ3) is 3.19. The highest BCUT2D eigenvalue weighted by molar-refractivity contribution is 7.07. The lowest BCUT2D eigenvalue weighted by molar-refractivity contribution is -0.0985. The van der Waals surface area contributed by atoms with Crippen LogP contribution < -0.4 is 0 Å². The molecule has 3 atom stereocenters. The first kappa shape index (κ1) is 13.6. The maximum absolute atomic E-state index is 6.20. The molecule has 1 aromatic heterocycles. The van der Waals surface area contributed by atoms with Crippen molar-refractivity contribution in [2.24, 2.45) is 0 Å². The maximum atomic E-state index is 6.20. The molecule has 0 unspecified atom stereocenters. The van der Waals surface area contributed by atoms with Gasteiger partial charge in [-0.1, -0.05) is 0 Å². The van der Waals surface area contributed by atoms with Crippen LogP contribution in [-0.2, 0) is 16.0 Å². The zero-order chi connectivity index (χ0) is 13.1. The molecule has 2 aliphatic rings. The molecule has 106 valence electrons. The molecule has 2 saturated heterocycles. The molecule has 3 rings (SSSR count). The van der Waals surface area contributed by atoms with Crippen LogP contribution in [0.1, 0.15) is 31.7 Å². The summed E-state index contributed by atoms with van der Waals surface area (Å²) >= 11 is 1.79. The molecule has 0 N–H and O–H groups in total. The van der Waals surface area contributed by atoms with Gasteiger partial charge in [0.2, 0.25) is 0 Å². The van der Waals surface area contributed by atoms with Crippen molar-refractivity contribution in [2.75, 3.05) is 19.8 Å². The van der Waals surface area contributed by atoms with E-state index in [1.165, 1.54) is 24.9 Å². The molecule has 1 aromatic rings. The molecule has 0 amide bonds. The van der Waals surface area contributed by atoms with Crippen LogP contribution in [0.4, 0.5) is 0 Å². The second kappa shape index (κ2) is 6.35. The zero-order valence-electron chi connectivity index (χ0n) is 11.6. The molecule has 3 heterocycles. The second-order valence-electron chi connectivity index (χ2n) is 5.49. The average Bonchev–Trinajstić information content (AvgIpc) is 3.07. The fourth-order valence-corrected chi connectivity index (χ4v) is 3.93. The fraction of sp³-hybridized carbons (Fsp3) is 0.733. The van der Waals surface area contributed by atoms with E-state index in [0.717, 1.165) is 26.2 Å². The first-order chi connectivity index (χ1) is 9.36. The topological polar surface area (TPSA) is 21.7 Å². The highest BCUT2D eigenvalue weighted by Crippen LogP contribution is 2.32. The number of likely N-dealkylation sites (tertiary alicyclic amines) is 1. The van der Waals surface area contributed by atoms with Crippen LogP contribution in [0.25, 0.3) is 0 Å². The van der Waals surface area contributed by atoms with E-state index < -0.39 is 0 Å². The van der Waals surface area contributed by atoms with Crippen LogP contribution in [0, 0.1) is 0 Å². The van der Waals surface area contributed by atoms with Gasteiger partial charge in [-0.15, -0.1) is 0 Å². The number of fused-ring (bicyclic) bond motifs is 1. The molecule has 0 radical (unpaired) electrons. The maximum Gasteiger partial charge on any atom is 0.0813 e. The first-order valence-corrected chi connectivity index (χ1v) is 8.29. The van der Waals surface area contributed by atoms with Crippen LogP contribution in [0.5, 0.6) is 0 Å². The van der Waals surface area contributed by atoms with Crippen LogP contribution in [0.3, 0.4) is 0 Å². The number of ether oxygens (including phenoxy) is 2. The Labute approximate surface area is 119 Å². The Bertz CT molecular complexity index is 382. The van der Waals surface area contributed by atoms with Crippen molar-refractivity contribution < 1.29 is 9.47 Å². The van der Waals surface area contributed by atoms with Gasteiger partial charge in [-0.25, -0.2) is 0 Å². The van der Waals surface area contributed by atoms with E-state index in [-0.39, 0.29) is 0 Å². The van der Waals surface area contributed by atoms with Crippen molar-refractivity contribution in [3.63, 3.8) is 0 Å². The van der Waals surface area contributed by atoms with E-state index in [2.05, 4.69) is 21.7 Å². The third-order valence-electron chi connectivity index (χ3n) is 4.22. The van der Waals surface area contributed by atoms with Gasteiger partial charge in [-0.2, -0.15) is 11.3 Å². The molecule has 0 aliphatic carbocycles. The Morgan fingerprint density at radius 2 is 2.37 bits per heavy atom. The minimum absolute atomic E-state index is 0.322. The smallest absolute Gasteiger partial charge is 0.0813 e. The normalized spacial score (nSPS) is 31.5. The summed E-state index contributed by atoms with van der Waals surface area (Å²) in [7, 11) is 0. The van der Waals surface area contributed by atoms with Gasteiger partial charge in [0.1, 0.15) is 0 Å². The van der Waals surface area contributed by atoms with Crippen molar-refractivity contribution in [3.8, 4) is 0 Å². The molecule has 0 bridgehead atoms. The Balaban J connectivity index is 1.53. The van der Waals surface area contributed by atoms with E-state index in [1.54, 1.807) is 11.3 Å². The summed E-state index contributed by atoms with van der Waals surface area (Å²) in [4.78, 5) is 2.60. The Kier molecular flexibility index (Phi) is 4.53. The Morgan fingerprint density at radius 1 is 1.42 bits per heavy atom. The fourth-order valence-electron chi connectivity index (χ4n) is 3.27. The molecular weight excluding hydrogens is 258 g/mol. The molecule has 4 heteroatoms. The van der Waals surface area contributed by atoms with Crippen LogP contribution in [0.15, 0.2) is 16.8 Å². The standard InChI is InChI=1S/C15H23NO2S/c1-2-17-10-13-3-4-14-15(18-13)5-7-16(14)9-12-6-8-19-11-12/h6,8,11,13-15H,2-5,7,9-10H2,1H3/t13-,14+,15+/m1/s1. The lowest BCUT2D eigenvalue weighted by Gasteiger charge is -2.35. The summed E-state index contributed by atoms with van der Waals surface area (Å²) in [6.07, 6.45) is 4.32. The molecule has 2 fully saturated rings. The van der Waals surface area contributed by atoms with Gasteiger partial charge < -0.3 is 9.47 Å². The van der Waals surface area contributed by atoms with Gasteiger partial charge in [0.15, 0.2) is 0 Å². The van der Waals surface area contributed by atoms with Gasteiger partial charge in [-0.3, -0.25) is 4.90 Å². The third-order valence-corrected chi connectivity index (χ3v) is 4.96. The van der Waals surface area contributed by atoms with Crippen LogP contribution >= 0.6 is 11.3 Å². The summed E-state index contributed by atoms with van der Waals surface area (Å²) in [5.74, 6) is 0. The number of nitrogens with zero attached hydrogens (tertiary/aromatic N) is 1. The quantitative estimate of drug-likeness (QED) is 0.828. The largest absolute Gasteiger partial charge is 0.379 e. The SMILES string of the molecule is CCOC[C@H]1CC[C@H]2[C@H](CCN2Cc2ccsc2)O1. The van der Waals surface area contributed by atoms with Crippen LogP contribution in [-0.4, -0.2) is 42.9 Å². The van der Waals surface area contributed by atoms with Gasteiger partial charge in [0.25, 0.3) is 0 Å². The molecule has 2 aliphatic heterocycles. The zero-order valence-corrected chi connectivity index (χ0v) is 12.4. The highest BCUT2D eigenvalue weighted by atomic mass is 32.1. The Morgan fingerprint density at radius 3 is 3.16 bits per heavy atom. The monoisotopic (exact) mass is 281 g/mol. The van der Waals surface area contributed by atoms with Gasteiger partial charge in [-0.05, 0) is 48.6 Å². The van der Waals surface area contributed by atoms with Crippen molar-refractivity contribution in [1.29, 1.82) is 0 Å². The van der Waals surface area contributed by atoms with E-state index in [1.807, 2.05) is 6.92 Å². The number of thiophene rings is 1. The predicted molar refractivity (Wildman–Crippen MR) is 77.5 cm³/mol. The highest BCUT2D eigenvalue weighted by Gasteiger charge is 2.39. The summed E-state index contributed by atoms with van der Waals surface area (Å²) in [6.45, 7) is 5.86. The van der Waals surface area contributed by atoms with Gasteiger partial charge >= 0.3 is 0 Å². The van der Waals surface area contributed by atoms with E-state index >= 15 is 0 Å². The van der Waals surface area contributed by atoms with E-state index in [9.17, 15) is 0 Å². The second-order valence-corrected chi connectivity index (χ2v) is 6.27. The number of hydrogen-bond donors (Lipinski definition) is 0. The van der Waals surface area contributed by atoms with Crippen LogP contribution in [0.2, 0.25) is 0 Å². The predicted octanol–water partition coefficient (Wildman–Crippen LogP) is 2.91. The summed E-state index contributed by atoms with van der Waals surface area (Å²) in [5, 5.41) is 4.42. The van der Waals surface area contributed by atoms with Crippen molar-refractivity contribution in [2.45, 2.75) is 51.0 Å². The van der Waals surface area contributed by atoms with Gasteiger partial charge in [0, 0.05) is 25.7 Å². The molecule has 0 aromatic carbocycles. The average molecular weight is 281 g/mol. The minimum atomic E-state index is 0.322. The van der Waals surface area contributed by atoms with Crippen molar-refractivity contribution >= 4 is 11.3 Å².